The van der Waals surface area contributed by atoms with E-state index in [0.29, 0.717) is 25.3 Å². The van der Waals surface area contributed by atoms with Gasteiger partial charge in [0.2, 0.25) is 6.41 Å². The normalized spacial score (nSPS) is 19.6. The van der Waals surface area contributed by atoms with Crippen molar-refractivity contribution in [2.45, 2.75) is 25.4 Å². The summed E-state index contributed by atoms with van der Waals surface area (Å²) in [5, 5.41) is 2.63. The molecule has 0 aromatic heterocycles. The molecule has 20 heavy (non-hydrogen) atoms. The van der Waals surface area contributed by atoms with Gasteiger partial charge in [-0.25, -0.2) is 9.18 Å². The number of urea groups is 1. The second-order valence-electron chi connectivity index (χ2n) is 5.20. The van der Waals surface area contributed by atoms with Crippen LogP contribution < -0.4 is 5.32 Å². The van der Waals surface area contributed by atoms with Crippen molar-refractivity contribution in [1.82, 2.24) is 9.80 Å². The molecule has 2 aliphatic rings. The predicted molar refractivity (Wildman–Crippen MR) is 71.6 cm³/mol. The van der Waals surface area contributed by atoms with Gasteiger partial charge < -0.3 is 15.1 Å². The zero-order valence-electron chi connectivity index (χ0n) is 11.0. The molecule has 1 N–H and O–H groups in total. The Kier molecular flexibility index (Phi) is 3.30. The van der Waals surface area contributed by atoms with Crippen LogP contribution in [-0.2, 0) is 11.3 Å². The Morgan fingerprint density at radius 2 is 2.05 bits per heavy atom. The molecule has 1 aromatic carbocycles. The van der Waals surface area contributed by atoms with Crippen LogP contribution in [0.5, 0.6) is 0 Å². The third kappa shape index (κ3) is 2.21. The van der Waals surface area contributed by atoms with Crippen molar-refractivity contribution in [3.05, 3.63) is 29.6 Å². The van der Waals surface area contributed by atoms with Gasteiger partial charge in [-0.1, -0.05) is 12.1 Å². The molecule has 0 aliphatic carbocycles. The van der Waals surface area contributed by atoms with E-state index >= 15 is 0 Å². The van der Waals surface area contributed by atoms with Gasteiger partial charge in [-0.15, -0.1) is 0 Å². The number of carbonyl (C=O) groups excluding carboxylic acids is 2. The Bertz CT molecular complexity index is 541. The second-order valence-corrected chi connectivity index (χ2v) is 5.20. The Morgan fingerprint density at radius 3 is 2.75 bits per heavy atom. The molecule has 1 fully saturated rings. The molecule has 106 valence electrons. The lowest BCUT2D eigenvalue weighted by Gasteiger charge is -2.39. The summed E-state index contributed by atoms with van der Waals surface area (Å²) < 4.78 is 13.6. The number of anilines is 1. The number of piperidine rings is 1. The molecule has 0 bridgehead atoms. The molecule has 0 atom stereocenters. The third-order valence-corrected chi connectivity index (χ3v) is 4.02. The standard InChI is InChI=1S/C14H16FN3O2/c15-12-3-1-2-10-8-18(14(20)16-13(10)12)11-4-6-17(9-19)7-5-11/h1-3,9,11H,4-8H2,(H,16,20). The van der Waals surface area contributed by atoms with E-state index < -0.39 is 5.82 Å². The van der Waals surface area contributed by atoms with Crippen LogP contribution in [0.3, 0.4) is 0 Å². The number of likely N-dealkylation sites (tertiary alicyclic amines) is 1. The van der Waals surface area contributed by atoms with Crippen molar-refractivity contribution >= 4 is 18.1 Å². The molecule has 0 saturated carbocycles. The number of para-hydroxylation sites is 1. The van der Waals surface area contributed by atoms with Crippen molar-refractivity contribution in [1.29, 1.82) is 0 Å². The molecular weight excluding hydrogens is 261 g/mol. The number of fused-ring (bicyclic) bond motifs is 1. The van der Waals surface area contributed by atoms with Gasteiger partial charge in [0.1, 0.15) is 5.82 Å². The zero-order chi connectivity index (χ0) is 14.1. The lowest BCUT2D eigenvalue weighted by Crippen LogP contribution is -2.50. The molecule has 0 spiro atoms. The Hall–Kier alpha value is -2.11. The van der Waals surface area contributed by atoms with E-state index in [1.54, 1.807) is 15.9 Å². The van der Waals surface area contributed by atoms with Gasteiger partial charge in [-0.3, -0.25) is 4.79 Å². The van der Waals surface area contributed by atoms with Crippen LogP contribution >= 0.6 is 0 Å². The van der Waals surface area contributed by atoms with Crippen LogP contribution in [-0.4, -0.2) is 41.4 Å². The van der Waals surface area contributed by atoms with Gasteiger partial charge in [-0.05, 0) is 24.5 Å². The van der Waals surface area contributed by atoms with Crippen LogP contribution in [0.4, 0.5) is 14.9 Å². The number of halogens is 1. The maximum absolute atomic E-state index is 13.6. The maximum Gasteiger partial charge on any atom is 0.322 e. The summed E-state index contributed by atoms with van der Waals surface area (Å²) in [4.78, 5) is 26.3. The number of nitrogens with zero attached hydrogens (tertiary/aromatic N) is 2. The van der Waals surface area contributed by atoms with Gasteiger partial charge in [0.05, 0.1) is 5.69 Å². The number of hydrogen-bond donors (Lipinski definition) is 1. The molecule has 0 unspecified atom stereocenters. The molecule has 3 amide bonds. The SMILES string of the molecule is O=CN1CCC(N2Cc3cccc(F)c3NC2=O)CC1. The summed E-state index contributed by atoms with van der Waals surface area (Å²) in [7, 11) is 0. The summed E-state index contributed by atoms with van der Waals surface area (Å²) in [6.45, 7) is 1.74. The molecule has 6 heteroatoms. The van der Waals surface area contributed by atoms with E-state index in [-0.39, 0.29) is 12.1 Å². The van der Waals surface area contributed by atoms with E-state index in [0.717, 1.165) is 24.8 Å². The highest BCUT2D eigenvalue weighted by atomic mass is 19.1. The minimum absolute atomic E-state index is 0.0996. The van der Waals surface area contributed by atoms with Gasteiger partial charge in [0.25, 0.3) is 0 Å². The highest BCUT2D eigenvalue weighted by Gasteiger charge is 2.32. The fraction of sp³-hybridized carbons (Fsp3) is 0.429. The van der Waals surface area contributed by atoms with E-state index in [1.807, 2.05) is 6.07 Å². The largest absolute Gasteiger partial charge is 0.345 e. The minimum Gasteiger partial charge on any atom is -0.345 e. The average molecular weight is 277 g/mol. The third-order valence-electron chi connectivity index (χ3n) is 4.02. The van der Waals surface area contributed by atoms with Crippen LogP contribution in [0.1, 0.15) is 18.4 Å². The fourth-order valence-corrected chi connectivity index (χ4v) is 2.87. The summed E-state index contributed by atoms with van der Waals surface area (Å²) >= 11 is 0. The van der Waals surface area contributed by atoms with Gasteiger partial charge in [-0.2, -0.15) is 0 Å². The summed E-state index contributed by atoms with van der Waals surface area (Å²) in [6, 6.07) is 4.66. The van der Waals surface area contributed by atoms with Crippen LogP contribution in [0.2, 0.25) is 0 Å². The lowest BCUT2D eigenvalue weighted by molar-refractivity contribution is -0.119. The summed E-state index contributed by atoms with van der Waals surface area (Å²) in [5.74, 6) is -0.397. The van der Waals surface area contributed by atoms with Crippen molar-refractivity contribution in [2.75, 3.05) is 18.4 Å². The lowest BCUT2D eigenvalue weighted by atomic mass is 10.0. The summed E-state index contributed by atoms with van der Waals surface area (Å²) in [5.41, 5.74) is 1.08. The number of rotatable bonds is 2. The first kappa shape index (κ1) is 12.9. The first-order valence-electron chi connectivity index (χ1n) is 6.73. The highest BCUT2D eigenvalue weighted by molar-refractivity contribution is 5.92. The van der Waals surface area contributed by atoms with Crippen LogP contribution in [0, 0.1) is 5.82 Å². The first-order valence-corrected chi connectivity index (χ1v) is 6.73. The fourth-order valence-electron chi connectivity index (χ4n) is 2.87. The number of hydrogen-bond acceptors (Lipinski definition) is 2. The topological polar surface area (TPSA) is 52.7 Å². The van der Waals surface area contributed by atoms with Crippen LogP contribution in [0.15, 0.2) is 18.2 Å². The smallest absolute Gasteiger partial charge is 0.322 e. The molecule has 5 nitrogen and oxygen atoms in total. The molecule has 1 aromatic rings. The van der Waals surface area contributed by atoms with E-state index in [2.05, 4.69) is 5.32 Å². The van der Waals surface area contributed by atoms with E-state index in [9.17, 15) is 14.0 Å². The molecule has 2 aliphatic heterocycles. The van der Waals surface area contributed by atoms with Crippen molar-refractivity contribution in [2.24, 2.45) is 0 Å². The Balaban J connectivity index is 1.76. The Morgan fingerprint density at radius 1 is 1.30 bits per heavy atom. The zero-order valence-corrected chi connectivity index (χ0v) is 11.0. The molecular formula is C14H16FN3O2. The molecule has 2 heterocycles. The van der Waals surface area contributed by atoms with E-state index in [4.69, 9.17) is 0 Å². The average Bonchev–Trinajstić information content (AvgIpc) is 2.48. The van der Waals surface area contributed by atoms with Crippen LogP contribution in [0.25, 0.3) is 0 Å². The molecule has 0 radical (unpaired) electrons. The van der Waals surface area contributed by atoms with E-state index in [1.165, 1.54) is 6.07 Å². The monoisotopic (exact) mass is 277 g/mol. The van der Waals surface area contributed by atoms with Gasteiger partial charge >= 0.3 is 6.03 Å². The quantitative estimate of drug-likeness (QED) is 0.838. The van der Waals surface area contributed by atoms with Crippen molar-refractivity contribution in [3.8, 4) is 0 Å². The first-order chi connectivity index (χ1) is 9.69. The number of amides is 3. The maximum atomic E-state index is 13.6. The minimum atomic E-state index is -0.397. The van der Waals surface area contributed by atoms with Gasteiger partial charge in [0.15, 0.2) is 0 Å². The molecule has 3 rings (SSSR count). The number of carbonyl (C=O) groups is 2. The van der Waals surface area contributed by atoms with Gasteiger partial charge in [0, 0.05) is 25.7 Å². The Labute approximate surface area is 116 Å². The molecule has 1 saturated heterocycles. The number of benzene rings is 1. The number of nitrogens with one attached hydrogen (secondary N) is 1. The highest BCUT2D eigenvalue weighted by Crippen LogP contribution is 2.29. The summed E-state index contributed by atoms with van der Waals surface area (Å²) in [6.07, 6.45) is 2.37. The van der Waals surface area contributed by atoms with Crippen molar-refractivity contribution in [3.63, 3.8) is 0 Å². The second kappa shape index (κ2) is 5.11. The van der Waals surface area contributed by atoms with Crippen molar-refractivity contribution < 1.29 is 14.0 Å². The predicted octanol–water partition coefficient (Wildman–Crippen LogP) is 1.79.